The summed E-state index contributed by atoms with van der Waals surface area (Å²) in [5.74, 6) is -0.910. The van der Waals surface area contributed by atoms with E-state index in [0.717, 1.165) is 0 Å². The number of amides is 1. The lowest BCUT2D eigenvalue weighted by Crippen LogP contribution is -2.31. The van der Waals surface area contributed by atoms with Crippen LogP contribution in [-0.2, 0) is 9.53 Å². The average molecular weight is 335 g/mol. The minimum absolute atomic E-state index is 0.0602. The summed E-state index contributed by atoms with van der Waals surface area (Å²) >= 11 is 6.14. The Labute approximate surface area is 137 Å². The summed E-state index contributed by atoms with van der Waals surface area (Å²) in [6.07, 6.45) is 1.24. The number of H-pyrrole nitrogens is 1. The molecule has 6 nitrogen and oxygen atoms in total. The quantitative estimate of drug-likeness (QED) is 0.819. The molecular formula is C16H15ClN2O4. The Bertz CT molecular complexity index is 752. The van der Waals surface area contributed by atoms with Crippen LogP contribution in [0.1, 0.15) is 28.4 Å². The van der Waals surface area contributed by atoms with Gasteiger partial charge in [-0.15, -0.1) is 0 Å². The Hall–Kier alpha value is -2.60. The van der Waals surface area contributed by atoms with Crippen LogP contribution in [0, 0.1) is 0 Å². The van der Waals surface area contributed by atoms with Gasteiger partial charge in [0.15, 0.2) is 0 Å². The zero-order valence-electron chi connectivity index (χ0n) is 12.3. The highest BCUT2D eigenvalue weighted by Crippen LogP contribution is 2.25. The van der Waals surface area contributed by atoms with Crippen molar-refractivity contribution in [1.29, 1.82) is 0 Å². The minimum Gasteiger partial charge on any atom is -0.469 e. The van der Waals surface area contributed by atoms with Crippen LogP contribution in [0.25, 0.3) is 0 Å². The second kappa shape index (κ2) is 7.60. The molecule has 23 heavy (non-hydrogen) atoms. The van der Waals surface area contributed by atoms with Gasteiger partial charge in [0.2, 0.25) is 5.56 Å². The molecular weight excluding hydrogens is 320 g/mol. The van der Waals surface area contributed by atoms with Gasteiger partial charge in [0.05, 0.1) is 25.1 Å². The molecule has 0 bridgehead atoms. The third-order valence-corrected chi connectivity index (χ3v) is 3.58. The summed E-state index contributed by atoms with van der Waals surface area (Å²) in [6.45, 7) is 0. The second-order valence-corrected chi connectivity index (χ2v) is 5.18. The van der Waals surface area contributed by atoms with E-state index in [1.165, 1.54) is 25.4 Å². The van der Waals surface area contributed by atoms with Crippen LogP contribution < -0.4 is 10.9 Å². The normalized spacial score (nSPS) is 11.6. The SMILES string of the molecule is COC(=O)C[C@H](NC(=O)c1ccc(=O)[nH]c1)c1ccccc1Cl. The smallest absolute Gasteiger partial charge is 0.307 e. The number of hydrogen-bond acceptors (Lipinski definition) is 4. The number of rotatable bonds is 5. The maximum atomic E-state index is 12.3. The van der Waals surface area contributed by atoms with Gasteiger partial charge in [0, 0.05) is 17.3 Å². The van der Waals surface area contributed by atoms with Crippen LogP contribution in [-0.4, -0.2) is 24.0 Å². The number of ether oxygens (including phenoxy) is 1. The molecule has 0 spiro atoms. The first kappa shape index (κ1) is 16.8. The molecule has 1 amide bonds. The highest BCUT2D eigenvalue weighted by Gasteiger charge is 2.21. The fourth-order valence-electron chi connectivity index (χ4n) is 2.04. The largest absolute Gasteiger partial charge is 0.469 e. The molecule has 1 aromatic heterocycles. The van der Waals surface area contributed by atoms with Crippen LogP contribution in [0.5, 0.6) is 0 Å². The van der Waals surface area contributed by atoms with Crippen molar-refractivity contribution in [2.24, 2.45) is 0 Å². The number of aromatic nitrogens is 1. The fraction of sp³-hybridized carbons (Fsp3) is 0.188. The first-order valence-corrected chi connectivity index (χ1v) is 7.20. The van der Waals surface area contributed by atoms with Gasteiger partial charge >= 0.3 is 5.97 Å². The van der Waals surface area contributed by atoms with Crippen LogP contribution in [0.15, 0.2) is 47.4 Å². The van der Waals surface area contributed by atoms with Crippen molar-refractivity contribution in [1.82, 2.24) is 10.3 Å². The zero-order valence-corrected chi connectivity index (χ0v) is 13.1. The van der Waals surface area contributed by atoms with Crippen molar-refractivity contribution >= 4 is 23.5 Å². The summed E-state index contributed by atoms with van der Waals surface area (Å²) in [5.41, 5.74) is 0.572. The van der Waals surface area contributed by atoms with Crippen LogP contribution in [0.4, 0.5) is 0 Å². The van der Waals surface area contributed by atoms with Gasteiger partial charge in [-0.05, 0) is 17.7 Å². The number of benzene rings is 1. The van der Waals surface area contributed by atoms with Crippen LogP contribution in [0.2, 0.25) is 5.02 Å². The maximum absolute atomic E-state index is 12.3. The van der Waals surface area contributed by atoms with Crippen molar-refractivity contribution in [3.05, 3.63) is 69.1 Å². The molecule has 120 valence electrons. The summed E-state index contributed by atoms with van der Waals surface area (Å²) in [5, 5.41) is 3.16. The first-order valence-electron chi connectivity index (χ1n) is 6.82. The Morgan fingerprint density at radius 2 is 2.00 bits per heavy atom. The van der Waals surface area contributed by atoms with Crippen molar-refractivity contribution in [2.75, 3.05) is 7.11 Å². The fourth-order valence-corrected chi connectivity index (χ4v) is 2.31. The molecule has 2 rings (SSSR count). The van der Waals surface area contributed by atoms with E-state index in [4.69, 9.17) is 11.6 Å². The Morgan fingerprint density at radius 1 is 1.26 bits per heavy atom. The van der Waals surface area contributed by atoms with Crippen molar-refractivity contribution in [3.8, 4) is 0 Å². The monoisotopic (exact) mass is 334 g/mol. The lowest BCUT2D eigenvalue weighted by atomic mass is 10.0. The number of esters is 1. The number of carbonyl (C=O) groups excluding carboxylic acids is 2. The average Bonchev–Trinajstić information content (AvgIpc) is 2.55. The highest BCUT2D eigenvalue weighted by atomic mass is 35.5. The molecule has 7 heteroatoms. The lowest BCUT2D eigenvalue weighted by molar-refractivity contribution is -0.141. The molecule has 0 fully saturated rings. The Morgan fingerprint density at radius 3 is 2.61 bits per heavy atom. The van der Waals surface area contributed by atoms with Gasteiger partial charge in [0.25, 0.3) is 5.91 Å². The maximum Gasteiger partial charge on any atom is 0.307 e. The van der Waals surface area contributed by atoms with Gasteiger partial charge in [-0.3, -0.25) is 14.4 Å². The van der Waals surface area contributed by atoms with Crippen LogP contribution >= 0.6 is 11.6 Å². The highest BCUT2D eigenvalue weighted by molar-refractivity contribution is 6.31. The van der Waals surface area contributed by atoms with E-state index < -0.39 is 17.9 Å². The second-order valence-electron chi connectivity index (χ2n) is 4.77. The first-order chi connectivity index (χ1) is 11.0. The Balaban J connectivity index is 2.25. The molecule has 0 saturated heterocycles. The molecule has 2 N–H and O–H groups in total. The Kier molecular flexibility index (Phi) is 5.54. The summed E-state index contributed by atoms with van der Waals surface area (Å²) in [6, 6.07) is 8.92. The van der Waals surface area contributed by atoms with E-state index in [9.17, 15) is 14.4 Å². The van der Waals surface area contributed by atoms with E-state index in [1.807, 2.05) is 0 Å². The molecule has 0 aliphatic heterocycles. The number of nitrogens with one attached hydrogen (secondary N) is 2. The number of pyridine rings is 1. The van der Waals surface area contributed by atoms with E-state index in [0.29, 0.717) is 10.6 Å². The number of halogens is 1. The number of methoxy groups -OCH3 is 1. The number of aromatic amines is 1. The molecule has 2 aromatic rings. The van der Waals surface area contributed by atoms with E-state index in [-0.39, 0.29) is 17.5 Å². The molecule has 0 unspecified atom stereocenters. The standard InChI is InChI=1S/C16H15ClN2O4/c1-23-15(21)8-13(11-4-2-3-5-12(11)17)19-16(22)10-6-7-14(20)18-9-10/h2-7,9,13H,8H2,1H3,(H,18,20)(H,19,22)/t13-/m0/s1. The van der Waals surface area contributed by atoms with Gasteiger partial charge in [0.1, 0.15) is 0 Å². The third kappa shape index (κ3) is 4.43. The van der Waals surface area contributed by atoms with Crippen molar-refractivity contribution < 1.29 is 14.3 Å². The van der Waals surface area contributed by atoms with E-state index >= 15 is 0 Å². The van der Waals surface area contributed by atoms with Gasteiger partial charge in [-0.25, -0.2) is 0 Å². The van der Waals surface area contributed by atoms with Gasteiger partial charge < -0.3 is 15.0 Å². The molecule has 0 aliphatic carbocycles. The molecule has 1 heterocycles. The van der Waals surface area contributed by atoms with Crippen molar-refractivity contribution in [3.63, 3.8) is 0 Å². The lowest BCUT2D eigenvalue weighted by Gasteiger charge is -2.19. The van der Waals surface area contributed by atoms with E-state index in [2.05, 4.69) is 15.0 Å². The molecule has 0 aliphatic rings. The minimum atomic E-state index is -0.643. The predicted molar refractivity (Wildman–Crippen MR) is 85.4 cm³/mol. The van der Waals surface area contributed by atoms with E-state index in [1.54, 1.807) is 24.3 Å². The summed E-state index contributed by atoms with van der Waals surface area (Å²) in [4.78, 5) is 37.4. The zero-order chi connectivity index (χ0) is 16.8. The van der Waals surface area contributed by atoms with Gasteiger partial charge in [-0.1, -0.05) is 29.8 Å². The summed E-state index contributed by atoms with van der Waals surface area (Å²) in [7, 11) is 1.27. The third-order valence-electron chi connectivity index (χ3n) is 3.23. The van der Waals surface area contributed by atoms with Crippen LogP contribution in [0.3, 0.4) is 0 Å². The molecule has 0 saturated carbocycles. The van der Waals surface area contributed by atoms with Crippen molar-refractivity contribution in [2.45, 2.75) is 12.5 Å². The topological polar surface area (TPSA) is 88.3 Å². The predicted octanol–water partition coefficient (Wildman–Crippen LogP) is 2.06. The number of hydrogen-bond donors (Lipinski definition) is 2. The molecule has 1 aromatic carbocycles. The number of carbonyl (C=O) groups is 2. The molecule has 0 radical (unpaired) electrons. The molecule has 1 atom stereocenters. The summed E-state index contributed by atoms with van der Waals surface area (Å²) < 4.78 is 4.66. The van der Waals surface area contributed by atoms with Gasteiger partial charge in [-0.2, -0.15) is 0 Å².